The van der Waals surface area contributed by atoms with Gasteiger partial charge in [-0.05, 0) is 0 Å². The van der Waals surface area contributed by atoms with E-state index >= 15 is 0 Å². The Bertz CT molecular complexity index is 176. The van der Waals surface area contributed by atoms with Gasteiger partial charge in [-0.2, -0.15) is 13.2 Å². The minimum absolute atomic E-state index is 0. The average Bonchev–Trinajstić information content (AvgIpc) is 1.66. The van der Waals surface area contributed by atoms with Gasteiger partial charge in [0, 0.05) is 24.4 Å². The van der Waals surface area contributed by atoms with Gasteiger partial charge in [-0.1, -0.05) is 22.6 Å². The first-order chi connectivity index (χ1) is 4.25. The summed E-state index contributed by atoms with van der Waals surface area (Å²) >= 11 is 1.90. The fourth-order valence-electron chi connectivity index (χ4n) is 0. The van der Waals surface area contributed by atoms with Crippen molar-refractivity contribution in [3.05, 3.63) is 4.93 Å². The molecule has 0 saturated carbocycles. The predicted octanol–water partition coefficient (Wildman–Crippen LogP) is 1.26. The summed E-state index contributed by atoms with van der Waals surface area (Å²) in [6.45, 7) is 0. The Morgan fingerprint density at radius 2 is 1.36 bits per heavy atom. The van der Waals surface area contributed by atoms with E-state index < -0.39 is 15.6 Å². The monoisotopic (exact) mass is 354 g/mol. The van der Waals surface area contributed by atoms with Crippen LogP contribution < -0.4 is 0 Å². The SMILES string of the molecule is O=S(=O)([O-])C(F)(F)F.[CH2]I.[Zn]. The molecule has 0 unspecified atom stereocenters. The Morgan fingerprint density at radius 3 is 1.36 bits per heavy atom. The fourth-order valence-corrected chi connectivity index (χ4v) is 0. The van der Waals surface area contributed by atoms with Crippen LogP contribution in [0.15, 0.2) is 0 Å². The van der Waals surface area contributed by atoms with Crippen LogP contribution in [0, 0.1) is 4.93 Å². The third-order valence-corrected chi connectivity index (χ3v) is 0.850. The molecular weight excluding hydrogens is 353 g/mol. The van der Waals surface area contributed by atoms with E-state index in [0.717, 1.165) is 0 Å². The van der Waals surface area contributed by atoms with Gasteiger partial charge in [0.15, 0.2) is 10.1 Å². The smallest absolute Gasteiger partial charge is 0.485 e. The van der Waals surface area contributed by atoms with Gasteiger partial charge < -0.3 is 4.55 Å². The van der Waals surface area contributed by atoms with Gasteiger partial charge in [0.25, 0.3) is 0 Å². The third-order valence-electron chi connectivity index (χ3n) is 0.283. The molecule has 0 aromatic rings. The molecule has 0 fully saturated rings. The molecule has 0 aromatic carbocycles. The largest absolute Gasteiger partial charge is 0.741 e. The Kier molecular flexibility index (Phi) is 10.7. The van der Waals surface area contributed by atoms with E-state index in [-0.39, 0.29) is 19.5 Å². The zero-order chi connectivity index (χ0) is 9.00. The molecule has 11 heavy (non-hydrogen) atoms. The van der Waals surface area contributed by atoms with E-state index in [1.807, 2.05) is 22.6 Å². The Balaban J connectivity index is -0.000000196. The molecule has 0 heterocycles. The van der Waals surface area contributed by atoms with Crippen molar-refractivity contribution in [3.63, 3.8) is 0 Å². The van der Waals surface area contributed by atoms with Crippen molar-refractivity contribution in [3.8, 4) is 0 Å². The summed E-state index contributed by atoms with van der Waals surface area (Å²) < 4.78 is 58.9. The zero-order valence-corrected chi connectivity index (χ0v) is 11.0. The number of alkyl halides is 3. The molecule has 0 rings (SSSR count). The maximum Gasteiger partial charge on any atom is 0.485 e. The molecule has 0 saturated heterocycles. The van der Waals surface area contributed by atoms with E-state index in [1.165, 1.54) is 0 Å². The van der Waals surface area contributed by atoms with Gasteiger partial charge in [-0.15, -0.1) is 0 Å². The van der Waals surface area contributed by atoms with E-state index in [1.54, 1.807) is 0 Å². The summed E-state index contributed by atoms with van der Waals surface area (Å²) in [7, 11) is -6.09. The molecule has 0 atom stereocenters. The second kappa shape index (κ2) is 6.56. The summed E-state index contributed by atoms with van der Waals surface area (Å²) in [5.74, 6) is 0. The van der Waals surface area contributed by atoms with E-state index in [9.17, 15) is 13.2 Å². The average molecular weight is 355 g/mol. The van der Waals surface area contributed by atoms with Crippen LogP contribution in [-0.4, -0.2) is 18.5 Å². The van der Waals surface area contributed by atoms with E-state index in [2.05, 4.69) is 4.93 Å². The van der Waals surface area contributed by atoms with Gasteiger partial charge in [0.1, 0.15) is 0 Å². The van der Waals surface area contributed by atoms with Crippen molar-refractivity contribution >= 4 is 32.7 Å². The van der Waals surface area contributed by atoms with Gasteiger partial charge in [0.05, 0.1) is 0 Å². The molecular formula is C2H2F3IO3SZn-. The summed E-state index contributed by atoms with van der Waals surface area (Å²) in [6, 6.07) is 0. The number of rotatable bonds is 0. The van der Waals surface area contributed by atoms with Gasteiger partial charge in [-0.3, -0.25) is 0 Å². The minimum Gasteiger partial charge on any atom is -0.741 e. The number of halogens is 4. The maximum atomic E-state index is 10.7. The molecule has 0 aliphatic heterocycles. The first kappa shape index (κ1) is 18.0. The van der Waals surface area contributed by atoms with Crippen LogP contribution in [0.25, 0.3) is 0 Å². The summed E-state index contributed by atoms with van der Waals surface area (Å²) in [6.07, 6.45) is 0. The fraction of sp³-hybridized carbons (Fsp3) is 0.500. The normalized spacial score (nSPS) is 10.7. The van der Waals surface area contributed by atoms with Crippen LogP contribution in [0.3, 0.4) is 0 Å². The third kappa shape index (κ3) is 8.96. The molecule has 9 heteroatoms. The van der Waals surface area contributed by atoms with E-state index in [4.69, 9.17) is 13.0 Å². The van der Waals surface area contributed by atoms with Crippen LogP contribution >= 0.6 is 22.6 Å². The molecule has 0 aliphatic carbocycles. The van der Waals surface area contributed by atoms with Crippen molar-refractivity contribution in [2.75, 3.05) is 0 Å². The van der Waals surface area contributed by atoms with E-state index in [0.29, 0.717) is 0 Å². The molecule has 0 bridgehead atoms. The first-order valence-corrected chi connectivity index (χ1v) is 4.47. The standard InChI is InChI=1S/CHF3O3S.CH2I.Zn/c2-1(3,4)8(5,6)7;1-2;/h(H,5,6,7);1H2;/p-1. The second-order valence-electron chi connectivity index (χ2n) is 0.900. The van der Waals surface area contributed by atoms with Crippen LogP contribution in [-0.2, 0) is 29.6 Å². The molecule has 0 spiro atoms. The second-order valence-corrected chi connectivity index (χ2v) is 2.27. The maximum absolute atomic E-state index is 10.7. The number of hydrogen-bond donors (Lipinski definition) is 0. The molecule has 3 nitrogen and oxygen atoms in total. The van der Waals surface area contributed by atoms with Gasteiger partial charge >= 0.3 is 5.51 Å². The zero-order valence-electron chi connectivity index (χ0n) is 5.06. The minimum atomic E-state index is -6.09. The molecule has 0 N–H and O–H groups in total. The molecule has 0 amide bonds. The van der Waals surface area contributed by atoms with Crippen LogP contribution in [0.2, 0.25) is 0 Å². The summed E-state index contributed by atoms with van der Waals surface area (Å²) in [5, 5.41) is 0. The van der Waals surface area contributed by atoms with Crippen LogP contribution in [0.1, 0.15) is 0 Å². The van der Waals surface area contributed by atoms with Gasteiger partial charge in [0.2, 0.25) is 0 Å². The van der Waals surface area contributed by atoms with Crippen molar-refractivity contribution in [1.29, 1.82) is 0 Å². The van der Waals surface area contributed by atoms with Crippen molar-refractivity contribution < 1.29 is 45.6 Å². The van der Waals surface area contributed by atoms with Crippen LogP contribution in [0.4, 0.5) is 13.2 Å². The van der Waals surface area contributed by atoms with Crippen molar-refractivity contribution in [1.82, 2.24) is 0 Å². The molecule has 0 aromatic heterocycles. The first-order valence-electron chi connectivity index (χ1n) is 1.54. The summed E-state index contributed by atoms with van der Waals surface area (Å²) in [4.78, 5) is 3.22. The molecule has 65 valence electrons. The quantitative estimate of drug-likeness (QED) is 0.285. The Labute approximate surface area is 88.4 Å². The van der Waals surface area contributed by atoms with Crippen LogP contribution in [0.5, 0.6) is 0 Å². The Morgan fingerprint density at radius 1 is 1.27 bits per heavy atom. The van der Waals surface area contributed by atoms with Crippen molar-refractivity contribution in [2.24, 2.45) is 0 Å². The predicted molar refractivity (Wildman–Crippen MR) is 35.1 cm³/mol. The summed E-state index contributed by atoms with van der Waals surface area (Å²) in [5.41, 5.74) is -5.65. The van der Waals surface area contributed by atoms with Crippen molar-refractivity contribution in [2.45, 2.75) is 5.51 Å². The topological polar surface area (TPSA) is 57.2 Å². The molecule has 1 radical (unpaired) electrons. The van der Waals surface area contributed by atoms with Gasteiger partial charge in [-0.25, -0.2) is 8.42 Å². The Hall–Kier alpha value is 1.05. The molecule has 0 aliphatic rings. The number of hydrogen-bond acceptors (Lipinski definition) is 3.